The van der Waals surface area contributed by atoms with Crippen LogP contribution in [0, 0.1) is 0 Å². The van der Waals surface area contributed by atoms with Gasteiger partial charge in [0.15, 0.2) is 0 Å². The summed E-state index contributed by atoms with van der Waals surface area (Å²) in [5.74, 6) is 0.699. The Hall–Kier alpha value is -2.00. The van der Waals surface area contributed by atoms with E-state index < -0.39 is 10.0 Å². The molecule has 1 aliphatic heterocycles. The maximum atomic E-state index is 12.8. The Balaban J connectivity index is 1.62. The van der Waals surface area contributed by atoms with Crippen molar-refractivity contribution in [2.75, 3.05) is 31.6 Å². The minimum atomic E-state index is -3.51. The molecule has 0 aliphatic carbocycles. The van der Waals surface area contributed by atoms with Crippen LogP contribution in [-0.4, -0.2) is 44.0 Å². The number of pyridine rings is 1. The zero-order valence-corrected chi connectivity index (χ0v) is 16.8. The fraction of sp³-hybridized carbons (Fsp3) is 0.211. The zero-order valence-electron chi connectivity index (χ0n) is 14.4. The van der Waals surface area contributed by atoms with Crippen LogP contribution in [0.4, 0.5) is 11.5 Å². The van der Waals surface area contributed by atoms with E-state index in [1.54, 1.807) is 18.2 Å². The number of hydrogen-bond donors (Lipinski definition) is 1. The summed E-state index contributed by atoms with van der Waals surface area (Å²) in [6, 6.07) is 16.6. The average molecular weight is 448 g/mol. The van der Waals surface area contributed by atoms with Crippen molar-refractivity contribution < 1.29 is 13.2 Å². The molecular formula is C19H18BrN3O3S. The number of anilines is 2. The molecule has 2 heterocycles. The first-order valence-corrected chi connectivity index (χ1v) is 10.8. The topological polar surface area (TPSA) is 71.5 Å². The SMILES string of the molecule is O=S(=O)(c1ccc2nc(Nc3cccc(Br)c3)ccc2c1)N1CCOCC1. The van der Waals surface area contributed by atoms with Crippen LogP contribution in [0.25, 0.3) is 10.9 Å². The summed E-state index contributed by atoms with van der Waals surface area (Å²) in [5, 5.41) is 4.03. The van der Waals surface area contributed by atoms with Crippen molar-refractivity contribution in [1.29, 1.82) is 0 Å². The summed E-state index contributed by atoms with van der Waals surface area (Å²) in [7, 11) is -3.51. The number of benzene rings is 2. The molecule has 0 atom stereocenters. The summed E-state index contributed by atoms with van der Waals surface area (Å²) in [6.45, 7) is 1.63. The Labute approximate surface area is 166 Å². The highest BCUT2D eigenvalue weighted by molar-refractivity contribution is 9.10. The van der Waals surface area contributed by atoms with E-state index in [0.717, 1.165) is 21.1 Å². The van der Waals surface area contributed by atoms with Gasteiger partial charge >= 0.3 is 0 Å². The smallest absolute Gasteiger partial charge is 0.243 e. The summed E-state index contributed by atoms with van der Waals surface area (Å²) in [4.78, 5) is 4.86. The molecule has 6 nitrogen and oxygen atoms in total. The lowest BCUT2D eigenvalue weighted by Gasteiger charge is -2.26. The van der Waals surface area contributed by atoms with Crippen molar-refractivity contribution in [2.45, 2.75) is 4.90 Å². The van der Waals surface area contributed by atoms with E-state index in [-0.39, 0.29) is 4.90 Å². The zero-order chi connectivity index (χ0) is 18.9. The molecule has 2 aromatic carbocycles. The quantitative estimate of drug-likeness (QED) is 0.658. The third-order valence-corrected chi connectivity index (χ3v) is 6.75. The van der Waals surface area contributed by atoms with E-state index in [2.05, 4.69) is 26.2 Å². The molecule has 1 fully saturated rings. The second-order valence-electron chi connectivity index (χ2n) is 6.20. The monoisotopic (exact) mass is 447 g/mol. The van der Waals surface area contributed by atoms with Gasteiger partial charge in [0.1, 0.15) is 5.82 Å². The van der Waals surface area contributed by atoms with E-state index in [9.17, 15) is 8.42 Å². The number of hydrogen-bond acceptors (Lipinski definition) is 5. The van der Waals surface area contributed by atoms with E-state index >= 15 is 0 Å². The minimum Gasteiger partial charge on any atom is -0.379 e. The molecule has 8 heteroatoms. The molecule has 3 aromatic rings. The van der Waals surface area contributed by atoms with Crippen LogP contribution in [0.1, 0.15) is 0 Å². The van der Waals surface area contributed by atoms with Gasteiger partial charge in [-0.05, 0) is 48.5 Å². The number of rotatable bonds is 4. The van der Waals surface area contributed by atoms with Crippen molar-refractivity contribution in [2.24, 2.45) is 0 Å². The van der Waals surface area contributed by atoms with Crippen LogP contribution in [0.5, 0.6) is 0 Å². The third-order valence-electron chi connectivity index (χ3n) is 4.37. The molecule has 1 N–H and O–H groups in total. The minimum absolute atomic E-state index is 0.284. The van der Waals surface area contributed by atoms with Crippen LogP contribution in [0.3, 0.4) is 0 Å². The predicted molar refractivity (Wildman–Crippen MR) is 109 cm³/mol. The van der Waals surface area contributed by atoms with Gasteiger partial charge in [0, 0.05) is 28.6 Å². The maximum absolute atomic E-state index is 12.8. The lowest BCUT2D eigenvalue weighted by atomic mass is 10.2. The number of nitrogens with zero attached hydrogens (tertiary/aromatic N) is 2. The van der Waals surface area contributed by atoms with Crippen molar-refractivity contribution in [3.05, 3.63) is 59.1 Å². The van der Waals surface area contributed by atoms with Gasteiger partial charge in [-0.1, -0.05) is 22.0 Å². The van der Waals surface area contributed by atoms with Gasteiger partial charge in [-0.2, -0.15) is 4.31 Å². The third kappa shape index (κ3) is 3.98. The second-order valence-corrected chi connectivity index (χ2v) is 9.06. The Morgan fingerprint density at radius 2 is 1.85 bits per heavy atom. The van der Waals surface area contributed by atoms with E-state index in [1.165, 1.54) is 4.31 Å². The second kappa shape index (κ2) is 7.55. The lowest BCUT2D eigenvalue weighted by molar-refractivity contribution is 0.0730. The van der Waals surface area contributed by atoms with Crippen molar-refractivity contribution in [3.63, 3.8) is 0 Å². The Morgan fingerprint density at radius 1 is 1.04 bits per heavy atom. The van der Waals surface area contributed by atoms with Crippen LogP contribution in [0.15, 0.2) is 64.0 Å². The highest BCUT2D eigenvalue weighted by atomic mass is 79.9. The fourth-order valence-electron chi connectivity index (χ4n) is 2.98. The Bertz CT molecular complexity index is 1080. The van der Waals surface area contributed by atoms with Crippen molar-refractivity contribution in [1.82, 2.24) is 9.29 Å². The van der Waals surface area contributed by atoms with E-state index in [4.69, 9.17) is 4.74 Å². The summed E-state index contributed by atoms with van der Waals surface area (Å²) in [6.07, 6.45) is 0. The molecule has 0 saturated carbocycles. The summed E-state index contributed by atoms with van der Waals surface area (Å²) in [5.41, 5.74) is 1.65. The maximum Gasteiger partial charge on any atom is 0.243 e. The van der Waals surface area contributed by atoms with Gasteiger partial charge in [-0.25, -0.2) is 13.4 Å². The number of nitrogens with one attached hydrogen (secondary N) is 1. The van der Waals surface area contributed by atoms with Gasteiger partial charge < -0.3 is 10.1 Å². The standard InChI is InChI=1S/C19H18BrN3O3S/c20-15-2-1-3-16(13-15)21-19-7-4-14-12-17(5-6-18(14)22-19)27(24,25)23-8-10-26-11-9-23/h1-7,12-13H,8-11H2,(H,21,22). The molecule has 0 amide bonds. The normalized spacial score (nSPS) is 15.7. The number of fused-ring (bicyclic) bond motifs is 1. The molecule has 1 aliphatic rings. The van der Waals surface area contributed by atoms with Gasteiger partial charge in [0.2, 0.25) is 10.0 Å². The number of aromatic nitrogens is 1. The van der Waals surface area contributed by atoms with Crippen molar-refractivity contribution >= 4 is 48.4 Å². The summed E-state index contributed by atoms with van der Waals surface area (Å²) >= 11 is 3.45. The molecular weight excluding hydrogens is 430 g/mol. The largest absolute Gasteiger partial charge is 0.379 e. The van der Waals surface area contributed by atoms with Crippen LogP contribution in [0.2, 0.25) is 0 Å². The van der Waals surface area contributed by atoms with Gasteiger partial charge in [0.05, 0.1) is 23.6 Å². The molecule has 0 unspecified atom stereocenters. The van der Waals surface area contributed by atoms with Gasteiger partial charge in [-0.3, -0.25) is 0 Å². The molecule has 1 aromatic heterocycles. The van der Waals surface area contributed by atoms with Crippen molar-refractivity contribution in [3.8, 4) is 0 Å². The average Bonchev–Trinajstić information content (AvgIpc) is 2.68. The van der Waals surface area contributed by atoms with Gasteiger partial charge in [-0.15, -0.1) is 0 Å². The first-order valence-electron chi connectivity index (χ1n) is 8.54. The Morgan fingerprint density at radius 3 is 2.63 bits per heavy atom. The van der Waals surface area contributed by atoms with Gasteiger partial charge in [0.25, 0.3) is 0 Å². The molecule has 27 heavy (non-hydrogen) atoms. The predicted octanol–water partition coefficient (Wildman–Crippen LogP) is 3.76. The number of halogens is 1. The van der Waals surface area contributed by atoms with E-state index in [1.807, 2.05) is 36.4 Å². The lowest BCUT2D eigenvalue weighted by Crippen LogP contribution is -2.40. The van der Waals surface area contributed by atoms with Crippen LogP contribution >= 0.6 is 15.9 Å². The number of ether oxygens (including phenoxy) is 1. The molecule has 1 saturated heterocycles. The van der Waals surface area contributed by atoms with E-state index in [0.29, 0.717) is 32.1 Å². The van der Waals surface area contributed by atoms with Crippen LogP contribution < -0.4 is 5.32 Å². The molecule has 0 radical (unpaired) electrons. The highest BCUT2D eigenvalue weighted by Crippen LogP contribution is 2.25. The fourth-order valence-corrected chi connectivity index (χ4v) is 4.83. The summed E-state index contributed by atoms with van der Waals surface area (Å²) < 4.78 is 33.3. The highest BCUT2D eigenvalue weighted by Gasteiger charge is 2.26. The molecule has 4 rings (SSSR count). The molecule has 140 valence electrons. The van der Waals surface area contributed by atoms with Crippen LogP contribution in [-0.2, 0) is 14.8 Å². The molecule has 0 bridgehead atoms. The number of sulfonamides is 1. The first kappa shape index (κ1) is 18.4. The molecule has 0 spiro atoms. The first-order chi connectivity index (χ1) is 13.0. The Kier molecular flexibility index (Phi) is 5.14. The number of morpholine rings is 1.